The van der Waals surface area contributed by atoms with Crippen LogP contribution in [0.25, 0.3) is 0 Å². The largest absolute Gasteiger partial charge is 0.399 e. The number of nitrogen functional groups attached to an aromatic ring is 1. The monoisotopic (exact) mass is 432 g/mol. The molecule has 0 radical (unpaired) electrons. The summed E-state index contributed by atoms with van der Waals surface area (Å²) >= 11 is 6.69. The molecule has 21 heavy (non-hydrogen) atoms. The van der Waals surface area contributed by atoms with Gasteiger partial charge in [0.2, 0.25) is 10.0 Å². The Morgan fingerprint density at radius 2 is 1.76 bits per heavy atom. The molecule has 0 aliphatic rings. The van der Waals surface area contributed by atoms with Gasteiger partial charge < -0.3 is 5.73 Å². The Kier molecular flexibility index (Phi) is 5.08. The van der Waals surface area contributed by atoms with E-state index in [2.05, 4.69) is 31.9 Å². The van der Waals surface area contributed by atoms with Gasteiger partial charge in [0.1, 0.15) is 0 Å². The zero-order valence-corrected chi connectivity index (χ0v) is 15.2. The van der Waals surface area contributed by atoms with E-state index in [-0.39, 0.29) is 11.4 Å². The van der Waals surface area contributed by atoms with Crippen molar-refractivity contribution < 1.29 is 8.42 Å². The molecule has 0 spiro atoms. The normalized spacial score (nSPS) is 11.8. The van der Waals surface area contributed by atoms with Gasteiger partial charge in [-0.15, -0.1) is 0 Å². The Bertz CT molecular complexity index is 763. The minimum Gasteiger partial charge on any atom is -0.399 e. The van der Waals surface area contributed by atoms with Crippen molar-refractivity contribution in [2.24, 2.45) is 0 Å². The number of halogens is 2. The SMILES string of the molecule is CN(Cc1ccccc1Br)S(=O)(=O)c1cc(N)ccc1Br. The molecule has 0 amide bonds. The molecule has 0 fully saturated rings. The van der Waals surface area contributed by atoms with Crippen molar-refractivity contribution in [2.45, 2.75) is 11.4 Å². The average Bonchev–Trinajstić information content (AvgIpc) is 2.43. The molecule has 2 N–H and O–H groups in total. The van der Waals surface area contributed by atoms with Gasteiger partial charge >= 0.3 is 0 Å². The maximum Gasteiger partial charge on any atom is 0.244 e. The lowest BCUT2D eigenvalue weighted by atomic mass is 10.2. The lowest BCUT2D eigenvalue weighted by molar-refractivity contribution is 0.465. The summed E-state index contributed by atoms with van der Waals surface area (Å²) in [5, 5.41) is 0. The highest BCUT2D eigenvalue weighted by Crippen LogP contribution is 2.28. The molecule has 0 atom stereocenters. The van der Waals surface area contributed by atoms with Crippen molar-refractivity contribution in [1.82, 2.24) is 4.31 Å². The molecule has 0 aromatic heterocycles. The van der Waals surface area contributed by atoms with Crippen LogP contribution in [0.5, 0.6) is 0 Å². The summed E-state index contributed by atoms with van der Waals surface area (Å²) in [7, 11) is -2.08. The lowest BCUT2D eigenvalue weighted by Crippen LogP contribution is -2.27. The van der Waals surface area contributed by atoms with Crippen molar-refractivity contribution >= 4 is 47.6 Å². The Labute approximate surface area is 141 Å². The number of benzene rings is 2. The van der Waals surface area contributed by atoms with Gasteiger partial charge in [0.05, 0.1) is 4.90 Å². The first kappa shape index (κ1) is 16.5. The van der Waals surface area contributed by atoms with Crippen LogP contribution in [0, 0.1) is 0 Å². The van der Waals surface area contributed by atoms with Gasteiger partial charge in [0, 0.05) is 28.2 Å². The molecule has 112 valence electrons. The topological polar surface area (TPSA) is 63.4 Å². The highest BCUT2D eigenvalue weighted by molar-refractivity contribution is 9.10. The second-order valence-electron chi connectivity index (χ2n) is 4.54. The first-order valence-corrected chi connectivity index (χ1v) is 9.10. The summed E-state index contributed by atoms with van der Waals surface area (Å²) < 4.78 is 28.0. The molecule has 2 aromatic carbocycles. The van der Waals surface area contributed by atoms with E-state index < -0.39 is 10.0 Å². The predicted molar refractivity (Wildman–Crippen MR) is 91.3 cm³/mol. The van der Waals surface area contributed by atoms with E-state index in [1.807, 2.05) is 24.3 Å². The predicted octanol–water partition coefficient (Wildman–Crippen LogP) is 3.61. The van der Waals surface area contributed by atoms with Crippen molar-refractivity contribution in [3.05, 3.63) is 57.0 Å². The van der Waals surface area contributed by atoms with Crippen molar-refractivity contribution in [3.63, 3.8) is 0 Å². The van der Waals surface area contributed by atoms with E-state index >= 15 is 0 Å². The molecule has 0 aliphatic heterocycles. The van der Waals surface area contributed by atoms with Crippen LogP contribution in [-0.4, -0.2) is 19.8 Å². The highest BCUT2D eigenvalue weighted by Gasteiger charge is 2.24. The van der Waals surface area contributed by atoms with Gasteiger partial charge in [-0.25, -0.2) is 8.42 Å². The zero-order valence-electron chi connectivity index (χ0n) is 11.3. The third kappa shape index (κ3) is 3.66. The summed E-state index contributed by atoms with van der Waals surface area (Å²) in [5.41, 5.74) is 6.99. The summed E-state index contributed by atoms with van der Waals surface area (Å²) in [4.78, 5) is 0.164. The van der Waals surface area contributed by atoms with Gasteiger partial charge in [-0.1, -0.05) is 34.1 Å². The van der Waals surface area contributed by atoms with Crippen LogP contribution < -0.4 is 5.73 Å². The number of hydrogen-bond donors (Lipinski definition) is 1. The molecule has 0 saturated carbocycles. The number of nitrogens with zero attached hydrogens (tertiary/aromatic N) is 1. The van der Waals surface area contributed by atoms with E-state index in [0.717, 1.165) is 10.0 Å². The van der Waals surface area contributed by atoms with Gasteiger partial charge in [0.25, 0.3) is 0 Å². The maximum atomic E-state index is 12.6. The fourth-order valence-corrected chi connectivity index (χ4v) is 4.35. The van der Waals surface area contributed by atoms with E-state index in [1.165, 1.54) is 10.4 Å². The number of nitrogens with two attached hydrogens (primary N) is 1. The summed E-state index contributed by atoms with van der Waals surface area (Å²) in [5.74, 6) is 0. The Hall–Kier alpha value is -0.890. The van der Waals surface area contributed by atoms with Crippen molar-refractivity contribution in [3.8, 4) is 0 Å². The molecule has 0 unspecified atom stereocenters. The van der Waals surface area contributed by atoms with Crippen LogP contribution in [0.2, 0.25) is 0 Å². The molecule has 0 heterocycles. The molecule has 2 rings (SSSR count). The quantitative estimate of drug-likeness (QED) is 0.749. The molecular weight excluding hydrogens is 420 g/mol. The lowest BCUT2D eigenvalue weighted by Gasteiger charge is -2.19. The smallest absolute Gasteiger partial charge is 0.244 e. The fourth-order valence-electron chi connectivity index (χ4n) is 1.84. The average molecular weight is 434 g/mol. The summed E-state index contributed by atoms with van der Waals surface area (Å²) in [6.07, 6.45) is 0. The van der Waals surface area contributed by atoms with Crippen molar-refractivity contribution in [1.29, 1.82) is 0 Å². The van der Waals surface area contributed by atoms with Gasteiger partial charge in [0.15, 0.2) is 0 Å². The van der Waals surface area contributed by atoms with E-state index in [9.17, 15) is 8.42 Å². The minimum absolute atomic E-state index is 0.164. The third-order valence-electron chi connectivity index (χ3n) is 2.99. The molecule has 4 nitrogen and oxygen atoms in total. The molecule has 2 aromatic rings. The van der Waals surface area contributed by atoms with Crippen LogP contribution in [0.1, 0.15) is 5.56 Å². The number of anilines is 1. The number of rotatable bonds is 4. The first-order chi connectivity index (χ1) is 9.82. The second kappa shape index (κ2) is 6.48. The van der Waals surface area contributed by atoms with Crippen LogP contribution in [-0.2, 0) is 16.6 Å². The van der Waals surface area contributed by atoms with Crippen LogP contribution in [0.4, 0.5) is 5.69 Å². The van der Waals surface area contributed by atoms with E-state index in [1.54, 1.807) is 19.2 Å². The molecular formula is C14H14Br2N2O2S. The van der Waals surface area contributed by atoms with Crippen LogP contribution >= 0.6 is 31.9 Å². The van der Waals surface area contributed by atoms with Crippen molar-refractivity contribution in [2.75, 3.05) is 12.8 Å². The van der Waals surface area contributed by atoms with Gasteiger partial charge in [-0.05, 0) is 45.8 Å². The Morgan fingerprint density at radius 1 is 1.10 bits per heavy atom. The first-order valence-electron chi connectivity index (χ1n) is 6.07. The Morgan fingerprint density at radius 3 is 2.43 bits per heavy atom. The Balaban J connectivity index is 2.35. The number of hydrogen-bond acceptors (Lipinski definition) is 3. The van der Waals surface area contributed by atoms with E-state index in [0.29, 0.717) is 10.2 Å². The van der Waals surface area contributed by atoms with Crippen LogP contribution in [0.3, 0.4) is 0 Å². The van der Waals surface area contributed by atoms with Gasteiger partial charge in [-0.2, -0.15) is 4.31 Å². The number of sulfonamides is 1. The summed E-state index contributed by atoms with van der Waals surface area (Å²) in [6.45, 7) is 0.269. The van der Waals surface area contributed by atoms with E-state index in [4.69, 9.17) is 5.73 Å². The highest BCUT2D eigenvalue weighted by atomic mass is 79.9. The molecule has 0 saturated heterocycles. The molecule has 0 bridgehead atoms. The van der Waals surface area contributed by atoms with Gasteiger partial charge in [-0.3, -0.25) is 0 Å². The zero-order chi connectivity index (χ0) is 15.6. The van der Waals surface area contributed by atoms with Crippen LogP contribution in [0.15, 0.2) is 56.3 Å². The molecule has 7 heteroatoms. The minimum atomic E-state index is -3.62. The second-order valence-corrected chi connectivity index (χ2v) is 8.26. The maximum absolute atomic E-state index is 12.6. The summed E-state index contributed by atoms with van der Waals surface area (Å²) in [6, 6.07) is 12.3. The fraction of sp³-hybridized carbons (Fsp3) is 0.143. The standard InChI is InChI=1S/C14H14Br2N2O2S/c1-18(9-10-4-2-3-5-12(10)15)21(19,20)14-8-11(17)6-7-13(14)16/h2-8H,9,17H2,1H3. The molecule has 0 aliphatic carbocycles. The third-order valence-corrected chi connectivity index (χ3v) is 6.57.